The van der Waals surface area contributed by atoms with E-state index in [9.17, 15) is 9.59 Å². The lowest BCUT2D eigenvalue weighted by Crippen LogP contribution is -2.52. The van der Waals surface area contributed by atoms with Crippen molar-refractivity contribution in [2.75, 3.05) is 0 Å². The summed E-state index contributed by atoms with van der Waals surface area (Å²) in [7, 11) is 0. The zero-order chi connectivity index (χ0) is 15.7. The quantitative estimate of drug-likeness (QED) is 0.775. The van der Waals surface area contributed by atoms with Gasteiger partial charge in [-0.15, -0.1) is 0 Å². The summed E-state index contributed by atoms with van der Waals surface area (Å²) in [5, 5.41) is 1.27. The average molecular weight is 285 g/mol. The van der Waals surface area contributed by atoms with Crippen molar-refractivity contribution in [2.45, 2.75) is 59.0 Å². The molecule has 2 N–H and O–H groups in total. The number of rotatable bonds is 2. The molecule has 0 aromatic carbocycles. The van der Waals surface area contributed by atoms with E-state index in [1.54, 1.807) is 20.8 Å². The fourth-order valence-electron chi connectivity index (χ4n) is 1.54. The second-order valence-electron chi connectivity index (χ2n) is 6.50. The highest BCUT2D eigenvalue weighted by atomic mass is 16.7. The van der Waals surface area contributed by atoms with E-state index in [1.165, 1.54) is 11.3 Å². The number of carbonyl (C=O) groups is 2. The Morgan fingerprint density at radius 3 is 2.20 bits per heavy atom. The fourth-order valence-corrected chi connectivity index (χ4v) is 1.54. The molecule has 0 aromatic rings. The first-order valence-corrected chi connectivity index (χ1v) is 6.37. The molecule has 0 saturated heterocycles. The lowest BCUT2D eigenvalue weighted by Gasteiger charge is -2.33. The third-order valence-electron chi connectivity index (χ3n) is 2.15. The predicted molar refractivity (Wildman–Crippen MR) is 72.9 cm³/mol. The van der Waals surface area contributed by atoms with Crippen molar-refractivity contribution in [2.24, 2.45) is 5.73 Å². The molecular weight excluding hydrogens is 262 g/mol. The van der Waals surface area contributed by atoms with Crippen LogP contribution in [0.5, 0.6) is 0 Å². The SMILES string of the molecule is CC(C)(C)OC(=O)N1C(C=O)=CN(OC(C)(C)C)C1N. The Morgan fingerprint density at radius 1 is 1.25 bits per heavy atom. The number of aldehydes is 1. The van der Waals surface area contributed by atoms with Crippen molar-refractivity contribution in [3.05, 3.63) is 11.9 Å². The Labute approximate surface area is 119 Å². The van der Waals surface area contributed by atoms with Gasteiger partial charge in [0.1, 0.15) is 11.3 Å². The molecule has 7 nitrogen and oxygen atoms in total. The molecule has 0 aliphatic carbocycles. The second-order valence-corrected chi connectivity index (χ2v) is 6.50. The maximum atomic E-state index is 12.1. The molecule has 1 aliphatic heterocycles. The third kappa shape index (κ3) is 4.21. The van der Waals surface area contributed by atoms with Crippen molar-refractivity contribution >= 4 is 12.4 Å². The fraction of sp³-hybridized carbons (Fsp3) is 0.692. The highest BCUT2D eigenvalue weighted by Gasteiger charge is 2.38. The molecule has 1 aliphatic rings. The van der Waals surface area contributed by atoms with Crippen LogP contribution in [0.4, 0.5) is 4.79 Å². The van der Waals surface area contributed by atoms with Gasteiger partial charge in [0.25, 0.3) is 0 Å². The zero-order valence-electron chi connectivity index (χ0n) is 12.8. The minimum Gasteiger partial charge on any atom is -0.443 e. The summed E-state index contributed by atoms with van der Waals surface area (Å²) in [6, 6.07) is 0. The van der Waals surface area contributed by atoms with Crippen molar-refractivity contribution in [1.29, 1.82) is 0 Å². The zero-order valence-corrected chi connectivity index (χ0v) is 12.8. The number of hydroxylamine groups is 2. The van der Waals surface area contributed by atoms with Crippen molar-refractivity contribution < 1.29 is 19.2 Å². The van der Waals surface area contributed by atoms with Crippen LogP contribution in [0, 0.1) is 0 Å². The van der Waals surface area contributed by atoms with Crippen LogP contribution in [-0.2, 0) is 14.4 Å². The van der Waals surface area contributed by atoms with Gasteiger partial charge >= 0.3 is 6.09 Å². The summed E-state index contributed by atoms with van der Waals surface area (Å²) in [6.07, 6.45) is 0.287. The molecule has 0 radical (unpaired) electrons. The van der Waals surface area contributed by atoms with E-state index in [0.29, 0.717) is 6.29 Å². The van der Waals surface area contributed by atoms with Gasteiger partial charge in [-0.2, -0.15) is 0 Å². The highest BCUT2D eigenvalue weighted by molar-refractivity contribution is 5.83. The summed E-state index contributed by atoms with van der Waals surface area (Å²) in [6.45, 7) is 10.7. The number of allylic oxidation sites excluding steroid dienone is 1. The molecule has 1 amide bonds. The van der Waals surface area contributed by atoms with Crippen molar-refractivity contribution in [3.63, 3.8) is 0 Å². The maximum Gasteiger partial charge on any atom is 0.417 e. The Morgan fingerprint density at radius 2 is 1.80 bits per heavy atom. The Hall–Kier alpha value is -1.60. The van der Waals surface area contributed by atoms with Crippen LogP contribution in [0.3, 0.4) is 0 Å². The van der Waals surface area contributed by atoms with Gasteiger partial charge in [0.05, 0.1) is 11.8 Å². The van der Waals surface area contributed by atoms with E-state index in [4.69, 9.17) is 15.3 Å². The van der Waals surface area contributed by atoms with Crippen LogP contribution in [0.25, 0.3) is 0 Å². The van der Waals surface area contributed by atoms with Gasteiger partial charge in [-0.05, 0) is 41.5 Å². The summed E-state index contributed by atoms with van der Waals surface area (Å²) in [4.78, 5) is 29.8. The van der Waals surface area contributed by atoms with Gasteiger partial charge in [0.15, 0.2) is 12.6 Å². The van der Waals surface area contributed by atoms with Gasteiger partial charge in [0, 0.05) is 0 Å². The minimum atomic E-state index is -0.940. The first-order valence-electron chi connectivity index (χ1n) is 6.37. The van der Waals surface area contributed by atoms with Crippen LogP contribution in [0.1, 0.15) is 41.5 Å². The van der Waals surface area contributed by atoms with Gasteiger partial charge in [0.2, 0.25) is 0 Å². The number of nitrogens with two attached hydrogens (primary N) is 1. The molecule has 7 heteroatoms. The molecule has 20 heavy (non-hydrogen) atoms. The Balaban J connectivity index is 2.91. The number of hydrogen-bond donors (Lipinski definition) is 1. The molecule has 0 fully saturated rings. The first-order chi connectivity index (χ1) is 8.94. The molecule has 0 bridgehead atoms. The molecule has 1 atom stereocenters. The van der Waals surface area contributed by atoms with E-state index < -0.39 is 23.6 Å². The van der Waals surface area contributed by atoms with E-state index in [-0.39, 0.29) is 5.70 Å². The topological polar surface area (TPSA) is 85.1 Å². The van der Waals surface area contributed by atoms with E-state index in [2.05, 4.69) is 0 Å². The second kappa shape index (κ2) is 5.41. The normalized spacial score (nSPS) is 19.9. The number of amides is 1. The lowest BCUT2D eigenvalue weighted by atomic mass is 10.2. The number of ether oxygens (including phenoxy) is 1. The molecule has 0 saturated carbocycles. The van der Waals surface area contributed by atoms with Crippen LogP contribution in [0.2, 0.25) is 0 Å². The largest absolute Gasteiger partial charge is 0.443 e. The lowest BCUT2D eigenvalue weighted by molar-refractivity contribution is -0.226. The molecule has 1 heterocycles. The monoisotopic (exact) mass is 285 g/mol. The number of hydrogen-bond acceptors (Lipinski definition) is 6. The number of carbonyl (C=O) groups excluding carboxylic acids is 2. The van der Waals surface area contributed by atoms with Crippen molar-refractivity contribution in [1.82, 2.24) is 9.96 Å². The van der Waals surface area contributed by atoms with E-state index >= 15 is 0 Å². The minimum absolute atomic E-state index is 0.0935. The summed E-state index contributed by atoms with van der Waals surface area (Å²) in [5.41, 5.74) is 4.84. The van der Waals surface area contributed by atoms with Gasteiger partial charge in [-0.3, -0.25) is 15.4 Å². The van der Waals surface area contributed by atoms with Crippen LogP contribution in [-0.4, -0.2) is 39.8 Å². The van der Waals surface area contributed by atoms with Crippen LogP contribution < -0.4 is 5.73 Å². The Bertz CT molecular complexity index is 420. The van der Waals surface area contributed by atoms with Gasteiger partial charge in [-0.1, -0.05) is 0 Å². The van der Waals surface area contributed by atoms with Crippen LogP contribution in [0.15, 0.2) is 11.9 Å². The highest BCUT2D eigenvalue weighted by Crippen LogP contribution is 2.24. The molecule has 0 spiro atoms. The molecule has 114 valence electrons. The molecule has 0 aromatic heterocycles. The third-order valence-corrected chi connectivity index (χ3v) is 2.15. The smallest absolute Gasteiger partial charge is 0.417 e. The average Bonchev–Trinajstić information content (AvgIpc) is 2.50. The molecule has 1 unspecified atom stereocenters. The maximum absolute atomic E-state index is 12.1. The van der Waals surface area contributed by atoms with Gasteiger partial charge in [-0.25, -0.2) is 14.8 Å². The van der Waals surface area contributed by atoms with Gasteiger partial charge < -0.3 is 4.74 Å². The van der Waals surface area contributed by atoms with E-state index in [1.807, 2.05) is 20.8 Å². The summed E-state index contributed by atoms with van der Waals surface area (Å²) in [5.74, 6) is 0. The van der Waals surface area contributed by atoms with Crippen LogP contribution >= 0.6 is 0 Å². The first kappa shape index (κ1) is 16.5. The standard InChI is InChI=1S/C13H23N3O4/c1-12(2,3)19-11(18)16-9(8-17)7-15(10(16)14)20-13(4,5)6/h7-8,10H,14H2,1-6H3. The molecular formula is C13H23N3O4. The molecule has 1 rings (SSSR count). The summed E-state index contributed by atoms with van der Waals surface area (Å²) >= 11 is 0. The van der Waals surface area contributed by atoms with Crippen molar-refractivity contribution in [3.8, 4) is 0 Å². The predicted octanol–water partition coefficient (Wildman–Crippen LogP) is 1.55. The number of nitrogens with zero attached hydrogens (tertiary/aromatic N) is 2. The Kier molecular flexibility index (Phi) is 4.45. The van der Waals surface area contributed by atoms with E-state index in [0.717, 1.165) is 4.90 Å². The summed E-state index contributed by atoms with van der Waals surface area (Å²) < 4.78 is 5.23.